The molecule has 0 amide bonds. The van der Waals surface area contributed by atoms with Crippen LogP contribution in [0, 0.1) is 0 Å². The summed E-state index contributed by atoms with van der Waals surface area (Å²) in [7, 11) is 0. The summed E-state index contributed by atoms with van der Waals surface area (Å²) in [5, 5.41) is 10.5. The van der Waals surface area contributed by atoms with Crippen molar-refractivity contribution in [2.24, 2.45) is 0 Å². The van der Waals surface area contributed by atoms with Gasteiger partial charge in [-0.05, 0) is 37.5 Å². The van der Waals surface area contributed by atoms with Crippen LogP contribution in [0.2, 0.25) is 0 Å². The van der Waals surface area contributed by atoms with Crippen molar-refractivity contribution in [3.8, 4) is 0 Å². The van der Waals surface area contributed by atoms with E-state index in [1.54, 1.807) is 0 Å². The molecule has 2 nitrogen and oxygen atoms in total. The van der Waals surface area contributed by atoms with Crippen LogP contribution in [0.25, 0.3) is 0 Å². The summed E-state index contributed by atoms with van der Waals surface area (Å²) < 4.78 is 0. The lowest BCUT2D eigenvalue weighted by Crippen LogP contribution is -2.13. The van der Waals surface area contributed by atoms with E-state index in [9.17, 15) is 4.79 Å². The molecule has 1 N–H and O–H groups in total. The Labute approximate surface area is 128 Å². The molecule has 20 heavy (non-hydrogen) atoms. The number of unbranched alkanes of at least 4 members (excludes halogenated alkanes) is 3. The normalized spacial score (nSPS) is 13.7. The van der Waals surface area contributed by atoms with Gasteiger partial charge < -0.3 is 5.11 Å². The summed E-state index contributed by atoms with van der Waals surface area (Å²) in [4.78, 5) is 10.8. The van der Waals surface area contributed by atoms with Crippen LogP contribution >= 0.6 is 11.8 Å². The summed E-state index contributed by atoms with van der Waals surface area (Å²) in [5.74, 6) is -0.731. The van der Waals surface area contributed by atoms with Gasteiger partial charge in [-0.1, -0.05) is 57.1 Å². The molecule has 0 rings (SSSR count). The SMILES string of the molecule is CCCCC/C=C\C/C=C\C/C=C\SC(CC)C(=O)O. The van der Waals surface area contributed by atoms with Crippen molar-refractivity contribution in [1.29, 1.82) is 0 Å². The van der Waals surface area contributed by atoms with Crippen LogP contribution in [0.1, 0.15) is 58.8 Å². The van der Waals surface area contributed by atoms with Gasteiger partial charge >= 0.3 is 5.97 Å². The molecule has 0 heterocycles. The minimum absolute atomic E-state index is 0.318. The summed E-state index contributed by atoms with van der Waals surface area (Å²) in [5.41, 5.74) is 0. The minimum Gasteiger partial charge on any atom is -0.480 e. The number of hydrogen-bond donors (Lipinski definition) is 1. The molecule has 0 spiro atoms. The van der Waals surface area contributed by atoms with Crippen molar-refractivity contribution >= 4 is 17.7 Å². The number of carboxylic acid groups (broad SMARTS) is 1. The molecule has 0 aliphatic heterocycles. The highest BCUT2D eigenvalue weighted by molar-refractivity contribution is 8.03. The van der Waals surface area contributed by atoms with Gasteiger partial charge in [0.05, 0.1) is 0 Å². The van der Waals surface area contributed by atoms with Crippen molar-refractivity contribution in [2.75, 3.05) is 0 Å². The van der Waals surface area contributed by atoms with Crippen molar-refractivity contribution in [3.63, 3.8) is 0 Å². The summed E-state index contributed by atoms with van der Waals surface area (Å²) in [6, 6.07) is 0. The molecular formula is C17H28O2S. The van der Waals surface area contributed by atoms with Crippen molar-refractivity contribution in [3.05, 3.63) is 35.8 Å². The fourth-order valence-electron chi connectivity index (χ4n) is 1.61. The van der Waals surface area contributed by atoms with Gasteiger partial charge in [-0.25, -0.2) is 0 Å². The van der Waals surface area contributed by atoms with Gasteiger partial charge in [-0.3, -0.25) is 4.79 Å². The molecule has 0 bridgehead atoms. The molecule has 0 aliphatic carbocycles. The van der Waals surface area contributed by atoms with E-state index >= 15 is 0 Å². The van der Waals surface area contributed by atoms with Gasteiger partial charge in [0.25, 0.3) is 0 Å². The number of hydrogen-bond acceptors (Lipinski definition) is 2. The zero-order valence-electron chi connectivity index (χ0n) is 12.8. The highest BCUT2D eigenvalue weighted by atomic mass is 32.2. The van der Waals surface area contributed by atoms with Crippen LogP contribution in [0.15, 0.2) is 35.8 Å². The van der Waals surface area contributed by atoms with E-state index in [-0.39, 0.29) is 5.25 Å². The second-order valence-corrected chi connectivity index (χ2v) is 5.77. The third-order valence-corrected chi connectivity index (χ3v) is 4.05. The number of thioether (sulfide) groups is 1. The predicted octanol–water partition coefficient (Wildman–Crippen LogP) is 5.57. The molecule has 0 aromatic heterocycles. The molecule has 0 aromatic rings. The molecule has 0 aromatic carbocycles. The Hall–Kier alpha value is -0.960. The minimum atomic E-state index is -0.731. The highest BCUT2D eigenvalue weighted by Gasteiger charge is 2.12. The highest BCUT2D eigenvalue weighted by Crippen LogP contribution is 2.16. The molecule has 0 saturated carbocycles. The molecule has 114 valence electrons. The van der Waals surface area contributed by atoms with Crippen LogP contribution in [0.3, 0.4) is 0 Å². The molecule has 1 unspecified atom stereocenters. The van der Waals surface area contributed by atoms with Gasteiger partial charge in [0.15, 0.2) is 0 Å². The number of allylic oxidation sites excluding steroid dienone is 5. The first-order valence-electron chi connectivity index (χ1n) is 7.55. The quantitative estimate of drug-likeness (QED) is 0.378. The lowest BCUT2D eigenvalue weighted by molar-refractivity contribution is -0.136. The maximum atomic E-state index is 10.8. The predicted molar refractivity (Wildman–Crippen MR) is 90.1 cm³/mol. The van der Waals surface area contributed by atoms with Gasteiger partial charge in [0.1, 0.15) is 5.25 Å². The van der Waals surface area contributed by atoms with Crippen molar-refractivity contribution in [2.45, 2.75) is 64.0 Å². The van der Waals surface area contributed by atoms with E-state index in [0.717, 1.165) is 12.8 Å². The molecule has 1 atom stereocenters. The van der Waals surface area contributed by atoms with Crippen LogP contribution in [0.5, 0.6) is 0 Å². The molecule has 0 aliphatic rings. The van der Waals surface area contributed by atoms with Crippen LogP contribution < -0.4 is 0 Å². The first-order chi connectivity index (χ1) is 9.72. The number of aliphatic carboxylic acids is 1. The second-order valence-electron chi connectivity index (χ2n) is 4.65. The molecule has 0 radical (unpaired) electrons. The van der Waals surface area contributed by atoms with Crippen LogP contribution in [0.4, 0.5) is 0 Å². The third kappa shape index (κ3) is 12.1. The lowest BCUT2D eigenvalue weighted by Gasteiger charge is -2.04. The van der Waals surface area contributed by atoms with Crippen LogP contribution in [-0.4, -0.2) is 16.3 Å². The number of carboxylic acids is 1. The fraction of sp³-hybridized carbons (Fsp3) is 0.588. The number of carbonyl (C=O) groups is 1. The standard InChI is InChI=1S/C17H28O2S/c1-3-5-6-7-8-9-10-11-12-13-14-15-20-16(4-2)17(18)19/h8-9,11-12,14-16H,3-7,10,13H2,1-2H3,(H,18,19)/b9-8-,12-11-,15-14-. The Bertz CT molecular complexity index is 319. The Morgan fingerprint density at radius 1 is 1.05 bits per heavy atom. The average Bonchev–Trinajstić information content (AvgIpc) is 2.43. The average molecular weight is 296 g/mol. The maximum Gasteiger partial charge on any atom is 0.316 e. The van der Waals surface area contributed by atoms with Crippen molar-refractivity contribution < 1.29 is 9.90 Å². The summed E-state index contributed by atoms with van der Waals surface area (Å²) in [6.07, 6.45) is 18.3. The van der Waals surface area contributed by atoms with Crippen LogP contribution in [-0.2, 0) is 4.79 Å². The Morgan fingerprint density at radius 2 is 1.70 bits per heavy atom. The van der Waals surface area contributed by atoms with Gasteiger partial charge in [-0.2, -0.15) is 0 Å². The Morgan fingerprint density at radius 3 is 2.30 bits per heavy atom. The first-order valence-corrected chi connectivity index (χ1v) is 8.49. The summed E-state index contributed by atoms with van der Waals surface area (Å²) in [6.45, 7) is 4.11. The summed E-state index contributed by atoms with van der Waals surface area (Å²) >= 11 is 1.38. The monoisotopic (exact) mass is 296 g/mol. The van der Waals surface area contributed by atoms with E-state index in [2.05, 4.69) is 31.2 Å². The maximum absolute atomic E-state index is 10.8. The Kier molecular flexibility index (Phi) is 13.8. The smallest absolute Gasteiger partial charge is 0.316 e. The largest absolute Gasteiger partial charge is 0.480 e. The van der Waals surface area contributed by atoms with Gasteiger partial charge in [0, 0.05) is 0 Å². The molecule has 3 heteroatoms. The Balaban J connectivity index is 3.58. The molecule has 0 fully saturated rings. The second kappa shape index (κ2) is 14.4. The fourth-order valence-corrected chi connectivity index (χ4v) is 2.33. The zero-order chi connectivity index (χ0) is 15.1. The van der Waals surface area contributed by atoms with Gasteiger partial charge in [-0.15, -0.1) is 11.8 Å². The molecule has 0 saturated heterocycles. The molecular weight excluding hydrogens is 268 g/mol. The zero-order valence-corrected chi connectivity index (χ0v) is 13.6. The lowest BCUT2D eigenvalue weighted by atomic mass is 10.2. The van der Waals surface area contributed by atoms with E-state index < -0.39 is 5.97 Å². The third-order valence-electron chi connectivity index (χ3n) is 2.84. The van der Waals surface area contributed by atoms with Crippen molar-refractivity contribution in [1.82, 2.24) is 0 Å². The van der Waals surface area contributed by atoms with E-state index in [1.807, 2.05) is 18.4 Å². The van der Waals surface area contributed by atoms with Gasteiger partial charge in [0.2, 0.25) is 0 Å². The first kappa shape index (κ1) is 19.0. The topological polar surface area (TPSA) is 37.3 Å². The van der Waals surface area contributed by atoms with E-state index in [0.29, 0.717) is 6.42 Å². The van der Waals surface area contributed by atoms with E-state index in [4.69, 9.17) is 5.11 Å². The van der Waals surface area contributed by atoms with E-state index in [1.165, 1.54) is 37.4 Å². The number of rotatable bonds is 12.